The first-order chi connectivity index (χ1) is 6.84. The number of aromatic nitrogens is 2. The van der Waals surface area contributed by atoms with E-state index in [1.54, 1.807) is 0 Å². The summed E-state index contributed by atoms with van der Waals surface area (Å²) in [4.78, 5) is 19.0. The number of ether oxygens (including phenoxy) is 1. The molecule has 0 bridgehead atoms. The summed E-state index contributed by atoms with van der Waals surface area (Å²) < 4.78 is 5.14. The Bertz CT molecular complexity index is 275. The molecule has 0 spiro atoms. The molecular weight excluding hydrogens is 180 g/mol. The monoisotopic (exact) mass is 194 g/mol. The third-order valence-corrected chi connectivity index (χ3v) is 1.78. The molecule has 0 aliphatic heterocycles. The van der Waals surface area contributed by atoms with Crippen LogP contribution in [-0.2, 0) is 4.74 Å². The van der Waals surface area contributed by atoms with Gasteiger partial charge in [0.15, 0.2) is 5.78 Å². The zero-order valence-corrected chi connectivity index (χ0v) is 8.27. The number of hydrogen-bond donors (Lipinski definition) is 0. The molecule has 1 aromatic rings. The van der Waals surface area contributed by atoms with E-state index in [-0.39, 0.29) is 5.78 Å². The first-order valence-corrected chi connectivity index (χ1v) is 4.70. The molecule has 0 saturated carbocycles. The molecule has 0 amide bonds. The van der Waals surface area contributed by atoms with E-state index < -0.39 is 0 Å². The predicted octanol–water partition coefficient (Wildman–Crippen LogP) is 1.48. The van der Waals surface area contributed by atoms with Gasteiger partial charge in [-0.25, -0.2) is 9.97 Å². The van der Waals surface area contributed by atoms with E-state index in [1.165, 1.54) is 18.7 Å². The summed E-state index contributed by atoms with van der Waals surface area (Å²) in [5.41, 5.74) is 0.573. The SMILES string of the molecule is CCOCCCC(=O)c1cncnc1. The molecule has 1 rings (SSSR count). The number of hydrogen-bond acceptors (Lipinski definition) is 4. The molecule has 4 heteroatoms. The van der Waals surface area contributed by atoms with Gasteiger partial charge >= 0.3 is 0 Å². The van der Waals surface area contributed by atoms with Crippen LogP contribution in [0, 0.1) is 0 Å². The maximum atomic E-state index is 11.5. The number of Topliss-reactive ketones (excluding diaryl/α,β-unsaturated/α-hetero) is 1. The highest BCUT2D eigenvalue weighted by atomic mass is 16.5. The van der Waals surface area contributed by atoms with E-state index in [4.69, 9.17) is 4.74 Å². The van der Waals surface area contributed by atoms with Crippen LogP contribution in [0.4, 0.5) is 0 Å². The zero-order valence-electron chi connectivity index (χ0n) is 8.27. The predicted molar refractivity (Wildman–Crippen MR) is 52.1 cm³/mol. The molecule has 0 atom stereocenters. The lowest BCUT2D eigenvalue weighted by molar-refractivity contribution is 0.0946. The van der Waals surface area contributed by atoms with Crippen molar-refractivity contribution in [2.24, 2.45) is 0 Å². The Labute approximate surface area is 83.3 Å². The van der Waals surface area contributed by atoms with E-state index in [9.17, 15) is 4.79 Å². The van der Waals surface area contributed by atoms with Gasteiger partial charge in [0.2, 0.25) is 0 Å². The number of carbonyl (C=O) groups is 1. The third-order valence-electron chi connectivity index (χ3n) is 1.78. The minimum absolute atomic E-state index is 0.0744. The van der Waals surface area contributed by atoms with Crippen molar-refractivity contribution in [2.45, 2.75) is 19.8 Å². The van der Waals surface area contributed by atoms with Gasteiger partial charge in [0.25, 0.3) is 0 Å². The smallest absolute Gasteiger partial charge is 0.166 e. The molecule has 0 aliphatic carbocycles. The molecule has 0 aliphatic rings. The van der Waals surface area contributed by atoms with Crippen molar-refractivity contribution < 1.29 is 9.53 Å². The van der Waals surface area contributed by atoms with Crippen molar-refractivity contribution in [3.63, 3.8) is 0 Å². The average molecular weight is 194 g/mol. The molecule has 0 saturated heterocycles. The van der Waals surface area contributed by atoms with Crippen molar-refractivity contribution in [3.05, 3.63) is 24.3 Å². The van der Waals surface area contributed by atoms with Crippen molar-refractivity contribution in [2.75, 3.05) is 13.2 Å². The lowest BCUT2D eigenvalue weighted by Crippen LogP contribution is -2.03. The first-order valence-electron chi connectivity index (χ1n) is 4.70. The Morgan fingerprint density at radius 1 is 1.43 bits per heavy atom. The number of nitrogens with zero attached hydrogens (tertiary/aromatic N) is 2. The summed E-state index contributed by atoms with van der Waals surface area (Å²) >= 11 is 0. The van der Waals surface area contributed by atoms with Gasteiger partial charge < -0.3 is 4.74 Å². The molecule has 14 heavy (non-hydrogen) atoms. The molecule has 1 heterocycles. The van der Waals surface area contributed by atoms with Crippen LogP contribution < -0.4 is 0 Å². The summed E-state index contributed by atoms with van der Waals surface area (Å²) in [5.74, 6) is 0.0744. The quantitative estimate of drug-likeness (QED) is 0.508. The Morgan fingerprint density at radius 3 is 2.79 bits per heavy atom. The summed E-state index contributed by atoms with van der Waals surface area (Å²) in [6.45, 7) is 3.27. The van der Waals surface area contributed by atoms with Gasteiger partial charge in [0.05, 0.1) is 5.56 Å². The van der Waals surface area contributed by atoms with E-state index in [1.807, 2.05) is 6.92 Å². The van der Waals surface area contributed by atoms with Gasteiger partial charge in [0.1, 0.15) is 6.33 Å². The van der Waals surface area contributed by atoms with Gasteiger partial charge in [-0.15, -0.1) is 0 Å². The summed E-state index contributed by atoms with van der Waals surface area (Å²) in [7, 11) is 0. The highest BCUT2D eigenvalue weighted by Gasteiger charge is 2.04. The Morgan fingerprint density at radius 2 is 2.14 bits per heavy atom. The van der Waals surface area contributed by atoms with Crippen LogP contribution in [0.1, 0.15) is 30.1 Å². The second kappa shape index (κ2) is 6.21. The van der Waals surface area contributed by atoms with E-state index in [2.05, 4.69) is 9.97 Å². The largest absolute Gasteiger partial charge is 0.382 e. The second-order valence-electron chi connectivity index (χ2n) is 2.85. The van der Waals surface area contributed by atoms with Crippen molar-refractivity contribution >= 4 is 5.78 Å². The molecule has 0 aromatic carbocycles. The number of carbonyl (C=O) groups excluding carboxylic acids is 1. The van der Waals surface area contributed by atoms with Gasteiger partial charge in [-0.3, -0.25) is 4.79 Å². The van der Waals surface area contributed by atoms with E-state index in [0.29, 0.717) is 25.2 Å². The average Bonchev–Trinajstić information content (AvgIpc) is 2.25. The molecule has 0 unspecified atom stereocenters. The van der Waals surface area contributed by atoms with Crippen LogP contribution in [-0.4, -0.2) is 29.0 Å². The molecular formula is C10H14N2O2. The topological polar surface area (TPSA) is 52.1 Å². The molecule has 1 aromatic heterocycles. The zero-order chi connectivity index (χ0) is 10.2. The summed E-state index contributed by atoms with van der Waals surface area (Å²) in [6, 6.07) is 0. The highest BCUT2D eigenvalue weighted by molar-refractivity contribution is 5.95. The molecule has 0 radical (unpaired) electrons. The minimum atomic E-state index is 0.0744. The fourth-order valence-electron chi connectivity index (χ4n) is 1.07. The van der Waals surface area contributed by atoms with Crippen LogP contribution >= 0.6 is 0 Å². The van der Waals surface area contributed by atoms with E-state index >= 15 is 0 Å². The summed E-state index contributed by atoms with van der Waals surface area (Å²) in [5, 5.41) is 0. The lowest BCUT2D eigenvalue weighted by atomic mass is 10.1. The van der Waals surface area contributed by atoms with Crippen LogP contribution in [0.15, 0.2) is 18.7 Å². The fraction of sp³-hybridized carbons (Fsp3) is 0.500. The number of ketones is 1. The Kier molecular flexibility index (Phi) is 4.78. The standard InChI is InChI=1S/C10H14N2O2/c1-2-14-5-3-4-10(13)9-6-11-8-12-7-9/h6-8H,2-5H2,1H3. The van der Waals surface area contributed by atoms with E-state index in [0.717, 1.165) is 6.42 Å². The second-order valence-corrected chi connectivity index (χ2v) is 2.85. The third kappa shape index (κ3) is 3.62. The van der Waals surface area contributed by atoms with Gasteiger partial charge in [-0.2, -0.15) is 0 Å². The van der Waals surface area contributed by atoms with Crippen LogP contribution in [0.5, 0.6) is 0 Å². The van der Waals surface area contributed by atoms with Crippen molar-refractivity contribution in [1.82, 2.24) is 9.97 Å². The first kappa shape index (κ1) is 10.8. The van der Waals surface area contributed by atoms with Gasteiger partial charge in [-0.1, -0.05) is 0 Å². The van der Waals surface area contributed by atoms with Crippen molar-refractivity contribution in [3.8, 4) is 0 Å². The van der Waals surface area contributed by atoms with Crippen molar-refractivity contribution in [1.29, 1.82) is 0 Å². The highest BCUT2D eigenvalue weighted by Crippen LogP contribution is 2.02. The molecule has 4 nitrogen and oxygen atoms in total. The van der Waals surface area contributed by atoms with Crippen LogP contribution in [0.3, 0.4) is 0 Å². The maximum Gasteiger partial charge on any atom is 0.166 e. The Hall–Kier alpha value is -1.29. The normalized spacial score (nSPS) is 10.1. The Balaban J connectivity index is 2.29. The van der Waals surface area contributed by atoms with Gasteiger partial charge in [0, 0.05) is 32.0 Å². The molecule has 0 N–H and O–H groups in total. The number of rotatable bonds is 6. The lowest BCUT2D eigenvalue weighted by Gasteiger charge is -2.00. The van der Waals surface area contributed by atoms with Gasteiger partial charge in [-0.05, 0) is 13.3 Å². The van der Waals surface area contributed by atoms with Crippen LogP contribution in [0.2, 0.25) is 0 Å². The minimum Gasteiger partial charge on any atom is -0.382 e. The van der Waals surface area contributed by atoms with Crippen LogP contribution in [0.25, 0.3) is 0 Å². The fourth-order valence-corrected chi connectivity index (χ4v) is 1.07. The molecule has 0 fully saturated rings. The molecule has 76 valence electrons. The maximum absolute atomic E-state index is 11.5. The summed E-state index contributed by atoms with van der Waals surface area (Å²) in [6.07, 6.45) is 5.73.